The van der Waals surface area contributed by atoms with Crippen molar-refractivity contribution in [2.24, 2.45) is 0 Å². The van der Waals surface area contributed by atoms with Crippen LogP contribution in [-0.2, 0) is 0 Å². The normalized spacial score (nSPS) is 22.9. The summed E-state index contributed by atoms with van der Waals surface area (Å²) in [6.07, 6.45) is 2.41. The molecule has 0 aliphatic carbocycles. The fourth-order valence-corrected chi connectivity index (χ4v) is 3.60. The van der Waals surface area contributed by atoms with Crippen molar-refractivity contribution >= 4 is 35.0 Å². The zero-order valence-corrected chi connectivity index (χ0v) is 12.8. The van der Waals surface area contributed by atoms with Crippen LogP contribution < -0.4 is 10.6 Å². The molecule has 2 unspecified atom stereocenters. The topological polar surface area (TPSA) is 41.1 Å². The Labute approximate surface area is 123 Å². The molecule has 2 rings (SSSR count). The van der Waals surface area contributed by atoms with E-state index >= 15 is 0 Å². The van der Waals surface area contributed by atoms with Gasteiger partial charge in [-0.3, -0.25) is 4.79 Å². The number of hydrogen-bond acceptors (Lipinski definition) is 3. The summed E-state index contributed by atoms with van der Waals surface area (Å²) in [5, 5.41) is 7.20. The van der Waals surface area contributed by atoms with E-state index in [1.807, 2.05) is 23.9 Å². The lowest BCUT2D eigenvalue weighted by Gasteiger charge is -2.30. The van der Waals surface area contributed by atoms with Crippen LogP contribution in [0.2, 0.25) is 5.02 Å². The number of nitrogens with one attached hydrogen (secondary N) is 2. The van der Waals surface area contributed by atoms with E-state index < -0.39 is 0 Å². The highest BCUT2D eigenvalue weighted by molar-refractivity contribution is 8.00. The molecule has 104 valence electrons. The van der Waals surface area contributed by atoms with Crippen molar-refractivity contribution in [1.29, 1.82) is 0 Å². The molecule has 1 aromatic rings. The highest BCUT2D eigenvalue weighted by atomic mass is 35.5. The van der Waals surface area contributed by atoms with Gasteiger partial charge in [0.25, 0.3) is 5.91 Å². The number of thioether (sulfide) groups is 1. The van der Waals surface area contributed by atoms with E-state index in [0.717, 1.165) is 5.69 Å². The molecule has 1 aromatic carbocycles. The van der Waals surface area contributed by atoms with Gasteiger partial charge in [0.15, 0.2) is 0 Å². The highest BCUT2D eigenvalue weighted by Crippen LogP contribution is 2.29. The highest BCUT2D eigenvalue weighted by Gasteiger charge is 2.22. The third-order valence-electron chi connectivity index (χ3n) is 3.40. The number of benzene rings is 1. The summed E-state index contributed by atoms with van der Waals surface area (Å²) in [6.45, 7) is 2.25. The lowest BCUT2D eigenvalue weighted by Crippen LogP contribution is -2.32. The molecule has 2 N–H and O–H groups in total. The second kappa shape index (κ2) is 6.53. The minimum atomic E-state index is -0.153. The number of halogens is 1. The van der Waals surface area contributed by atoms with E-state index in [1.165, 1.54) is 18.6 Å². The van der Waals surface area contributed by atoms with E-state index in [1.54, 1.807) is 13.1 Å². The SMILES string of the molecule is CNC(=O)c1cc(NC2CCCSC2C)ccc1Cl. The average molecular weight is 299 g/mol. The minimum absolute atomic E-state index is 0.153. The molecule has 0 bridgehead atoms. The van der Waals surface area contributed by atoms with Crippen LogP contribution in [0.4, 0.5) is 5.69 Å². The number of anilines is 1. The Hall–Kier alpha value is -0.870. The van der Waals surface area contributed by atoms with Gasteiger partial charge in [0, 0.05) is 24.0 Å². The van der Waals surface area contributed by atoms with Gasteiger partial charge in [-0.15, -0.1) is 0 Å². The van der Waals surface area contributed by atoms with Crippen LogP contribution in [-0.4, -0.2) is 30.0 Å². The number of hydrogen-bond donors (Lipinski definition) is 2. The molecule has 1 aliphatic rings. The summed E-state index contributed by atoms with van der Waals surface area (Å²) in [5.74, 6) is 1.09. The number of amides is 1. The molecular formula is C14H19ClN2OS. The van der Waals surface area contributed by atoms with Gasteiger partial charge in [-0.05, 0) is 36.8 Å². The molecule has 2 atom stereocenters. The first-order valence-corrected chi connectivity index (χ1v) is 7.94. The number of rotatable bonds is 3. The Morgan fingerprint density at radius 2 is 2.26 bits per heavy atom. The molecule has 1 heterocycles. The molecule has 1 aliphatic heterocycles. The van der Waals surface area contributed by atoms with Crippen molar-refractivity contribution in [3.63, 3.8) is 0 Å². The van der Waals surface area contributed by atoms with E-state index in [-0.39, 0.29) is 5.91 Å². The van der Waals surface area contributed by atoms with Gasteiger partial charge in [-0.1, -0.05) is 18.5 Å². The molecule has 19 heavy (non-hydrogen) atoms. The van der Waals surface area contributed by atoms with E-state index in [4.69, 9.17) is 11.6 Å². The fraction of sp³-hybridized carbons (Fsp3) is 0.500. The Kier molecular flexibility index (Phi) is 4.99. The van der Waals surface area contributed by atoms with Crippen LogP contribution in [0, 0.1) is 0 Å². The zero-order valence-electron chi connectivity index (χ0n) is 11.2. The molecule has 1 amide bonds. The van der Waals surface area contributed by atoms with Crippen molar-refractivity contribution < 1.29 is 4.79 Å². The van der Waals surface area contributed by atoms with Crippen molar-refractivity contribution in [2.75, 3.05) is 18.1 Å². The maximum atomic E-state index is 11.7. The van der Waals surface area contributed by atoms with Crippen molar-refractivity contribution in [3.8, 4) is 0 Å². The maximum Gasteiger partial charge on any atom is 0.252 e. The molecule has 0 radical (unpaired) electrons. The van der Waals surface area contributed by atoms with E-state index in [0.29, 0.717) is 21.9 Å². The summed E-state index contributed by atoms with van der Waals surface area (Å²) in [7, 11) is 1.61. The van der Waals surface area contributed by atoms with Gasteiger partial charge in [-0.25, -0.2) is 0 Å². The molecule has 1 saturated heterocycles. The van der Waals surface area contributed by atoms with Gasteiger partial charge in [0.05, 0.1) is 10.6 Å². The molecule has 0 saturated carbocycles. The fourth-order valence-electron chi connectivity index (χ4n) is 2.25. The Balaban J connectivity index is 2.14. The van der Waals surface area contributed by atoms with Crippen LogP contribution in [0.25, 0.3) is 0 Å². The summed E-state index contributed by atoms with van der Waals surface area (Å²) < 4.78 is 0. The van der Waals surface area contributed by atoms with Gasteiger partial charge in [0.1, 0.15) is 0 Å². The molecular weight excluding hydrogens is 280 g/mol. The minimum Gasteiger partial charge on any atom is -0.381 e. The third kappa shape index (κ3) is 3.57. The van der Waals surface area contributed by atoms with Crippen LogP contribution in [0.3, 0.4) is 0 Å². The Morgan fingerprint density at radius 1 is 1.47 bits per heavy atom. The van der Waals surface area contributed by atoms with E-state index in [9.17, 15) is 4.79 Å². The van der Waals surface area contributed by atoms with Crippen LogP contribution in [0.1, 0.15) is 30.1 Å². The predicted octanol–water partition coefficient (Wildman–Crippen LogP) is 3.40. The van der Waals surface area contributed by atoms with Crippen molar-refractivity contribution in [1.82, 2.24) is 5.32 Å². The van der Waals surface area contributed by atoms with Crippen molar-refractivity contribution in [3.05, 3.63) is 28.8 Å². The first-order chi connectivity index (χ1) is 9.11. The van der Waals surface area contributed by atoms with Gasteiger partial charge in [0.2, 0.25) is 0 Å². The summed E-state index contributed by atoms with van der Waals surface area (Å²) in [5.41, 5.74) is 1.48. The Bertz CT molecular complexity index is 467. The summed E-state index contributed by atoms with van der Waals surface area (Å²) >= 11 is 8.04. The monoisotopic (exact) mass is 298 g/mol. The van der Waals surface area contributed by atoms with Gasteiger partial charge >= 0.3 is 0 Å². The lowest BCUT2D eigenvalue weighted by atomic mass is 10.1. The standard InChI is InChI=1S/C14H19ClN2OS/c1-9-13(4-3-7-19-9)17-10-5-6-12(15)11(8-10)14(18)16-2/h5-6,8-9,13,17H,3-4,7H2,1-2H3,(H,16,18). The number of carbonyl (C=O) groups excluding carboxylic acids is 1. The largest absolute Gasteiger partial charge is 0.381 e. The second-order valence-electron chi connectivity index (χ2n) is 4.74. The Morgan fingerprint density at radius 3 is 2.95 bits per heavy atom. The molecule has 5 heteroatoms. The summed E-state index contributed by atoms with van der Waals surface area (Å²) in [4.78, 5) is 11.7. The summed E-state index contributed by atoms with van der Waals surface area (Å²) in [6, 6.07) is 5.99. The zero-order chi connectivity index (χ0) is 13.8. The van der Waals surface area contributed by atoms with Crippen molar-refractivity contribution in [2.45, 2.75) is 31.1 Å². The second-order valence-corrected chi connectivity index (χ2v) is 6.64. The third-order valence-corrected chi connectivity index (χ3v) is 5.11. The van der Waals surface area contributed by atoms with Gasteiger partial charge < -0.3 is 10.6 Å². The maximum absolute atomic E-state index is 11.7. The molecule has 1 fully saturated rings. The van der Waals surface area contributed by atoms with Crippen LogP contribution in [0.15, 0.2) is 18.2 Å². The molecule has 0 spiro atoms. The van der Waals surface area contributed by atoms with Gasteiger partial charge in [-0.2, -0.15) is 11.8 Å². The molecule has 3 nitrogen and oxygen atoms in total. The van der Waals surface area contributed by atoms with Crippen LogP contribution in [0.5, 0.6) is 0 Å². The molecule has 0 aromatic heterocycles. The predicted molar refractivity (Wildman–Crippen MR) is 83.4 cm³/mol. The quantitative estimate of drug-likeness (QED) is 0.898. The number of carbonyl (C=O) groups is 1. The lowest BCUT2D eigenvalue weighted by molar-refractivity contribution is 0.0963. The average Bonchev–Trinajstić information content (AvgIpc) is 2.42. The van der Waals surface area contributed by atoms with Crippen LogP contribution >= 0.6 is 23.4 Å². The smallest absolute Gasteiger partial charge is 0.252 e. The first kappa shape index (κ1) is 14.5. The van der Waals surface area contributed by atoms with E-state index in [2.05, 4.69) is 17.6 Å². The first-order valence-electron chi connectivity index (χ1n) is 6.51.